The molecule has 3 amide bonds. The highest BCUT2D eigenvalue weighted by Gasteiger charge is 2.32. The number of nitrogens with one attached hydrogen (secondary N) is 3. The van der Waals surface area contributed by atoms with E-state index in [-0.39, 0.29) is 30.9 Å². The van der Waals surface area contributed by atoms with E-state index in [1.807, 2.05) is 13.8 Å². The normalized spacial score (nSPS) is 15.0. The van der Waals surface area contributed by atoms with Crippen molar-refractivity contribution in [3.63, 3.8) is 0 Å². The molecule has 0 fully saturated rings. The van der Waals surface area contributed by atoms with Gasteiger partial charge in [-0.2, -0.15) is 0 Å². The number of aliphatic carboxylic acids is 2. The minimum absolute atomic E-state index is 0.0348. The average molecular weight is 537 g/mol. The summed E-state index contributed by atoms with van der Waals surface area (Å²) >= 11 is 0. The van der Waals surface area contributed by atoms with Crippen molar-refractivity contribution in [1.29, 1.82) is 0 Å². The number of amides is 3. The molecule has 0 saturated carbocycles. The maximum Gasteiger partial charge on any atom is 0.326 e. The zero-order valence-corrected chi connectivity index (χ0v) is 22.3. The van der Waals surface area contributed by atoms with Crippen LogP contribution in [-0.4, -0.2) is 69.1 Å². The van der Waals surface area contributed by atoms with Crippen LogP contribution in [0.1, 0.15) is 58.9 Å². The standard InChI is InChI=1S/C26H40N4O8/c1-5-15(4)22(26(37)38)30-24(35)19(10-11-21(32)33)28-25(36)20(12-14(2)3)29-23(34)18(27)13-16-6-8-17(31)9-7-16/h6-9,14-15,18-20,22,31H,5,10-13,27H2,1-4H3,(H,28,36)(H,29,34)(H,30,35)(H,32,33)(H,37,38). The van der Waals surface area contributed by atoms with Crippen molar-refractivity contribution < 1.29 is 39.3 Å². The van der Waals surface area contributed by atoms with Gasteiger partial charge in [0.05, 0.1) is 6.04 Å². The molecule has 1 aromatic carbocycles. The van der Waals surface area contributed by atoms with Gasteiger partial charge in [-0.1, -0.05) is 46.2 Å². The van der Waals surface area contributed by atoms with Crippen LogP contribution in [0.2, 0.25) is 0 Å². The lowest BCUT2D eigenvalue weighted by Gasteiger charge is -2.27. The SMILES string of the molecule is CCC(C)C(NC(=O)C(CCC(=O)O)NC(=O)C(CC(C)C)NC(=O)C(N)Cc1ccc(O)cc1)C(=O)O. The van der Waals surface area contributed by atoms with Crippen LogP contribution in [0, 0.1) is 11.8 Å². The minimum atomic E-state index is -1.33. The Morgan fingerprint density at radius 1 is 0.868 bits per heavy atom. The molecule has 0 saturated heterocycles. The van der Waals surface area contributed by atoms with Crippen LogP contribution in [0.4, 0.5) is 0 Å². The van der Waals surface area contributed by atoms with Crippen molar-refractivity contribution >= 4 is 29.7 Å². The van der Waals surface area contributed by atoms with E-state index in [1.54, 1.807) is 26.0 Å². The van der Waals surface area contributed by atoms with Gasteiger partial charge in [0.25, 0.3) is 0 Å². The van der Waals surface area contributed by atoms with Crippen molar-refractivity contribution in [1.82, 2.24) is 16.0 Å². The third-order valence-electron chi connectivity index (χ3n) is 6.13. The number of benzene rings is 1. The van der Waals surface area contributed by atoms with E-state index in [1.165, 1.54) is 12.1 Å². The molecule has 0 aliphatic carbocycles. The van der Waals surface area contributed by atoms with E-state index >= 15 is 0 Å². The second-order valence-electron chi connectivity index (χ2n) is 9.87. The molecule has 38 heavy (non-hydrogen) atoms. The third kappa shape index (κ3) is 11.2. The van der Waals surface area contributed by atoms with Gasteiger partial charge in [0.2, 0.25) is 17.7 Å². The molecular weight excluding hydrogens is 496 g/mol. The zero-order valence-electron chi connectivity index (χ0n) is 22.3. The van der Waals surface area contributed by atoms with Gasteiger partial charge in [-0.3, -0.25) is 19.2 Å². The number of rotatable bonds is 16. The van der Waals surface area contributed by atoms with Crippen LogP contribution in [0.3, 0.4) is 0 Å². The second-order valence-corrected chi connectivity index (χ2v) is 9.87. The maximum atomic E-state index is 13.2. The third-order valence-corrected chi connectivity index (χ3v) is 6.13. The summed E-state index contributed by atoms with van der Waals surface area (Å²) < 4.78 is 0. The summed E-state index contributed by atoms with van der Waals surface area (Å²) in [6.07, 6.45) is 0.107. The number of phenolic OH excluding ortho intramolecular Hbond substituents is 1. The maximum absolute atomic E-state index is 13.2. The molecule has 1 rings (SSSR count). The van der Waals surface area contributed by atoms with Gasteiger partial charge in [-0.15, -0.1) is 0 Å². The van der Waals surface area contributed by atoms with Crippen LogP contribution < -0.4 is 21.7 Å². The molecule has 212 valence electrons. The Hall–Kier alpha value is -3.67. The Morgan fingerprint density at radius 3 is 1.92 bits per heavy atom. The van der Waals surface area contributed by atoms with Crippen LogP contribution >= 0.6 is 0 Å². The summed E-state index contributed by atoms with van der Waals surface area (Å²) in [4.78, 5) is 61.7. The van der Waals surface area contributed by atoms with Gasteiger partial charge in [0.1, 0.15) is 23.9 Å². The van der Waals surface area contributed by atoms with Gasteiger partial charge in [-0.25, -0.2) is 4.79 Å². The largest absolute Gasteiger partial charge is 0.508 e. The predicted molar refractivity (Wildman–Crippen MR) is 139 cm³/mol. The van der Waals surface area contributed by atoms with E-state index in [9.17, 15) is 34.2 Å². The van der Waals surface area contributed by atoms with Crippen molar-refractivity contribution in [3.8, 4) is 5.75 Å². The van der Waals surface area contributed by atoms with E-state index in [4.69, 9.17) is 10.8 Å². The first-order valence-electron chi connectivity index (χ1n) is 12.6. The second kappa shape index (κ2) is 15.6. The number of carboxylic acids is 2. The number of hydrogen-bond donors (Lipinski definition) is 7. The highest BCUT2D eigenvalue weighted by atomic mass is 16.4. The molecule has 8 N–H and O–H groups in total. The molecule has 5 atom stereocenters. The molecule has 1 aromatic rings. The Balaban J connectivity index is 3.02. The summed E-state index contributed by atoms with van der Waals surface area (Å²) in [5.41, 5.74) is 6.73. The molecule has 0 aromatic heterocycles. The topological polar surface area (TPSA) is 208 Å². The lowest BCUT2D eigenvalue weighted by Crippen LogP contribution is -2.58. The lowest BCUT2D eigenvalue weighted by molar-refractivity contribution is -0.144. The van der Waals surface area contributed by atoms with E-state index in [0.29, 0.717) is 12.0 Å². The van der Waals surface area contributed by atoms with E-state index in [0.717, 1.165) is 0 Å². The fourth-order valence-corrected chi connectivity index (χ4v) is 3.71. The summed E-state index contributed by atoms with van der Waals surface area (Å²) in [7, 11) is 0. The smallest absolute Gasteiger partial charge is 0.326 e. The van der Waals surface area contributed by atoms with Crippen molar-refractivity contribution in [2.24, 2.45) is 17.6 Å². The fraction of sp³-hybridized carbons (Fsp3) is 0.577. The van der Waals surface area contributed by atoms with E-state index < -0.39 is 66.2 Å². The molecule has 0 spiro atoms. The summed E-state index contributed by atoms with van der Waals surface area (Å²) in [5.74, 6) is -4.96. The van der Waals surface area contributed by atoms with Crippen molar-refractivity contribution in [2.75, 3.05) is 0 Å². The van der Waals surface area contributed by atoms with Gasteiger partial charge < -0.3 is 37.0 Å². The minimum Gasteiger partial charge on any atom is -0.508 e. The Morgan fingerprint density at radius 2 is 1.42 bits per heavy atom. The number of hydrogen-bond acceptors (Lipinski definition) is 7. The van der Waals surface area contributed by atoms with Crippen molar-refractivity contribution in [2.45, 2.75) is 84.0 Å². The first-order valence-corrected chi connectivity index (χ1v) is 12.6. The van der Waals surface area contributed by atoms with Crippen LogP contribution in [0.25, 0.3) is 0 Å². The molecule has 0 aliphatic rings. The predicted octanol–water partition coefficient (Wildman–Crippen LogP) is 0.758. The Labute approximate surface area is 222 Å². The number of carbonyl (C=O) groups excluding carboxylic acids is 3. The van der Waals surface area contributed by atoms with Crippen LogP contribution in [0.5, 0.6) is 5.75 Å². The highest BCUT2D eigenvalue weighted by Crippen LogP contribution is 2.13. The quantitative estimate of drug-likeness (QED) is 0.159. The molecule has 0 heterocycles. The van der Waals surface area contributed by atoms with Gasteiger partial charge in [0.15, 0.2) is 0 Å². The van der Waals surface area contributed by atoms with Crippen molar-refractivity contribution in [3.05, 3.63) is 29.8 Å². The monoisotopic (exact) mass is 536 g/mol. The summed E-state index contributed by atoms with van der Waals surface area (Å²) in [6.45, 7) is 7.09. The van der Waals surface area contributed by atoms with Gasteiger partial charge in [-0.05, 0) is 48.8 Å². The van der Waals surface area contributed by atoms with Gasteiger partial charge in [0, 0.05) is 6.42 Å². The molecule has 12 heteroatoms. The fourth-order valence-electron chi connectivity index (χ4n) is 3.71. The summed E-state index contributed by atoms with van der Waals surface area (Å²) in [5, 5.41) is 35.5. The molecule has 12 nitrogen and oxygen atoms in total. The number of nitrogens with two attached hydrogens (primary N) is 1. The van der Waals surface area contributed by atoms with Gasteiger partial charge >= 0.3 is 11.9 Å². The van der Waals surface area contributed by atoms with Crippen LogP contribution in [0.15, 0.2) is 24.3 Å². The molecule has 0 aliphatic heterocycles. The molecule has 5 unspecified atom stereocenters. The highest BCUT2D eigenvalue weighted by molar-refractivity contribution is 5.94. The zero-order chi connectivity index (χ0) is 29.0. The lowest BCUT2D eigenvalue weighted by atomic mass is 9.98. The first-order chi connectivity index (χ1) is 17.7. The van der Waals surface area contributed by atoms with Crippen LogP contribution in [-0.2, 0) is 30.4 Å². The Kier molecular flexibility index (Phi) is 13.2. The number of carbonyl (C=O) groups is 5. The molecular formula is C26H40N4O8. The summed E-state index contributed by atoms with van der Waals surface area (Å²) in [6, 6.07) is 1.55. The number of phenols is 1. The molecule has 0 bridgehead atoms. The Bertz CT molecular complexity index is 966. The first kappa shape index (κ1) is 32.4. The van der Waals surface area contributed by atoms with E-state index in [2.05, 4.69) is 16.0 Å². The molecule has 0 radical (unpaired) electrons. The number of carboxylic acid groups (broad SMARTS) is 2. The average Bonchev–Trinajstić information content (AvgIpc) is 2.84. The number of aromatic hydroxyl groups is 1.